The Morgan fingerprint density at radius 3 is 2.80 bits per heavy atom. The Morgan fingerprint density at radius 1 is 1.53 bits per heavy atom. The van der Waals surface area contributed by atoms with Crippen LogP contribution in [-0.2, 0) is 9.53 Å². The van der Waals surface area contributed by atoms with E-state index in [0.29, 0.717) is 17.2 Å². The normalized spacial score (nSPS) is 9.73. The van der Waals surface area contributed by atoms with Gasteiger partial charge in [-0.15, -0.1) is 5.10 Å². The van der Waals surface area contributed by atoms with Gasteiger partial charge in [-0.05, 0) is 25.4 Å². The van der Waals surface area contributed by atoms with Crippen molar-refractivity contribution in [1.29, 1.82) is 0 Å². The summed E-state index contributed by atoms with van der Waals surface area (Å²) >= 11 is 0.997. The number of amides is 1. The van der Waals surface area contributed by atoms with Crippen molar-refractivity contribution < 1.29 is 14.3 Å². The quantitative estimate of drug-likeness (QED) is 0.743. The zero-order chi connectivity index (χ0) is 11.3. The fraction of sp³-hybridized carbons (Fsp3) is 0.500. The number of ether oxygens (including phenoxy) is 1. The number of carbonyl (C=O) groups excluding carboxylic acids is 2. The molecule has 1 aromatic heterocycles. The lowest BCUT2D eigenvalue weighted by Gasteiger charge is -2.02. The molecular weight excluding hydrogens is 218 g/mol. The van der Waals surface area contributed by atoms with Crippen molar-refractivity contribution in [3.8, 4) is 0 Å². The molecule has 1 amide bonds. The van der Waals surface area contributed by atoms with E-state index in [1.54, 1.807) is 13.8 Å². The molecule has 0 fully saturated rings. The van der Waals surface area contributed by atoms with E-state index in [1.807, 2.05) is 0 Å². The molecule has 0 unspecified atom stereocenters. The van der Waals surface area contributed by atoms with Crippen LogP contribution in [0.15, 0.2) is 0 Å². The zero-order valence-electron chi connectivity index (χ0n) is 8.44. The molecule has 82 valence electrons. The molecule has 0 aliphatic heterocycles. The van der Waals surface area contributed by atoms with Crippen molar-refractivity contribution in [2.75, 3.05) is 13.2 Å². The largest absolute Gasteiger partial charge is 0.465 e. The number of carbonyl (C=O) groups is 2. The second-order valence-corrected chi connectivity index (χ2v) is 3.43. The third-order valence-corrected chi connectivity index (χ3v) is 2.38. The first-order valence-electron chi connectivity index (χ1n) is 4.38. The minimum Gasteiger partial charge on any atom is -0.465 e. The van der Waals surface area contributed by atoms with Gasteiger partial charge in [0.2, 0.25) is 0 Å². The van der Waals surface area contributed by atoms with Crippen LogP contribution < -0.4 is 5.32 Å². The van der Waals surface area contributed by atoms with E-state index in [1.165, 1.54) is 0 Å². The van der Waals surface area contributed by atoms with Gasteiger partial charge in [0, 0.05) is 0 Å². The summed E-state index contributed by atoms with van der Waals surface area (Å²) in [6.45, 7) is 3.56. The topological polar surface area (TPSA) is 81.2 Å². The van der Waals surface area contributed by atoms with E-state index in [0.717, 1.165) is 11.5 Å². The maximum atomic E-state index is 11.4. The molecule has 7 heteroatoms. The molecule has 1 heterocycles. The minimum atomic E-state index is -0.457. The third kappa shape index (κ3) is 3.28. The van der Waals surface area contributed by atoms with Crippen LogP contribution in [0.2, 0.25) is 0 Å². The highest BCUT2D eigenvalue weighted by atomic mass is 32.1. The van der Waals surface area contributed by atoms with Crippen LogP contribution in [0.1, 0.15) is 22.3 Å². The Bertz CT molecular complexity index is 364. The smallest absolute Gasteiger partial charge is 0.325 e. The highest BCUT2D eigenvalue weighted by Crippen LogP contribution is 2.07. The minimum absolute atomic E-state index is 0.135. The average Bonchev–Trinajstić information content (AvgIpc) is 2.61. The second kappa shape index (κ2) is 5.40. The summed E-state index contributed by atoms with van der Waals surface area (Å²) in [7, 11) is 0. The van der Waals surface area contributed by atoms with E-state index < -0.39 is 5.97 Å². The van der Waals surface area contributed by atoms with E-state index in [4.69, 9.17) is 0 Å². The Labute approximate surface area is 90.8 Å². The summed E-state index contributed by atoms with van der Waals surface area (Å²) in [6, 6.07) is 0. The molecule has 0 aliphatic rings. The number of hydrogen-bond acceptors (Lipinski definition) is 6. The number of hydrogen-bond donors (Lipinski definition) is 1. The van der Waals surface area contributed by atoms with Gasteiger partial charge >= 0.3 is 5.97 Å². The van der Waals surface area contributed by atoms with E-state index >= 15 is 0 Å². The van der Waals surface area contributed by atoms with Gasteiger partial charge in [-0.2, -0.15) is 0 Å². The second-order valence-electron chi connectivity index (χ2n) is 2.68. The molecule has 6 nitrogen and oxygen atoms in total. The van der Waals surface area contributed by atoms with Gasteiger partial charge in [-0.1, -0.05) is 4.49 Å². The van der Waals surface area contributed by atoms with Gasteiger partial charge in [0.25, 0.3) is 5.91 Å². The van der Waals surface area contributed by atoms with Crippen molar-refractivity contribution in [3.05, 3.63) is 10.6 Å². The summed E-state index contributed by atoms with van der Waals surface area (Å²) in [5.74, 6) is -0.809. The van der Waals surface area contributed by atoms with Crippen molar-refractivity contribution >= 4 is 23.4 Å². The lowest BCUT2D eigenvalue weighted by molar-refractivity contribution is -0.141. The standard InChI is InChI=1S/C8H11N3O3S/c1-3-14-6(12)4-9-8(13)7-5(2)10-11-15-7/h3-4H2,1-2H3,(H,9,13). The lowest BCUT2D eigenvalue weighted by Crippen LogP contribution is -2.30. The first-order valence-corrected chi connectivity index (χ1v) is 5.15. The van der Waals surface area contributed by atoms with Crippen LogP contribution in [0.4, 0.5) is 0 Å². The third-order valence-electron chi connectivity index (χ3n) is 1.56. The Morgan fingerprint density at radius 2 is 2.27 bits per heavy atom. The predicted molar refractivity (Wildman–Crippen MR) is 53.6 cm³/mol. The van der Waals surface area contributed by atoms with Crippen LogP contribution in [-0.4, -0.2) is 34.6 Å². The number of nitrogens with zero attached hydrogens (tertiary/aromatic N) is 2. The number of nitrogens with one attached hydrogen (secondary N) is 1. The Kier molecular flexibility index (Phi) is 4.17. The van der Waals surface area contributed by atoms with E-state index in [2.05, 4.69) is 19.6 Å². The van der Waals surface area contributed by atoms with Crippen molar-refractivity contribution in [1.82, 2.24) is 14.9 Å². The van der Waals surface area contributed by atoms with E-state index in [9.17, 15) is 9.59 Å². The highest BCUT2D eigenvalue weighted by molar-refractivity contribution is 7.08. The SMILES string of the molecule is CCOC(=O)CNC(=O)c1snnc1C. The zero-order valence-corrected chi connectivity index (χ0v) is 9.26. The summed E-state index contributed by atoms with van der Waals surface area (Å²) in [4.78, 5) is 22.8. The van der Waals surface area contributed by atoms with Crippen molar-refractivity contribution in [3.63, 3.8) is 0 Å². The van der Waals surface area contributed by atoms with E-state index in [-0.39, 0.29) is 12.5 Å². The Hall–Kier alpha value is -1.50. The summed E-state index contributed by atoms with van der Waals surface area (Å²) in [6.07, 6.45) is 0. The Balaban J connectivity index is 2.44. The van der Waals surface area contributed by atoms with Gasteiger partial charge in [-0.25, -0.2) is 0 Å². The van der Waals surface area contributed by atoms with Gasteiger partial charge in [0.1, 0.15) is 11.4 Å². The molecule has 1 aromatic rings. The summed E-state index contributed by atoms with van der Waals surface area (Å²) in [5, 5.41) is 6.12. The maximum absolute atomic E-state index is 11.4. The maximum Gasteiger partial charge on any atom is 0.325 e. The van der Waals surface area contributed by atoms with Crippen LogP contribution in [0, 0.1) is 6.92 Å². The molecule has 0 aromatic carbocycles. The van der Waals surface area contributed by atoms with Gasteiger partial charge < -0.3 is 10.1 Å². The van der Waals surface area contributed by atoms with Crippen molar-refractivity contribution in [2.45, 2.75) is 13.8 Å². The molecule has 1 N–H and O–H groups in total. The van der Waals surface area contributed by atoms with Gasteiger partial charge in [-0.3, -0.25) is 9.59 Å². The lowest BCUT2D eigenvalue weighted by atomic mass is 10.4. The van der Waals surface area contributed by atoms with Gasteiger partial charge in [0.15, 0.2) is 0 Å². The molecule has 0 aliphatic carbocycles. The van der Waals surface area contributed by atoms with Crippen LogP contribution >= 0.6 is 11.5 Å². The molecule has 0 saturated heterocycles. The van der Waals surface area contributed by atoms with Crippen LogP contribution in [0.25, 0.3) is 0 Å². The molecular formula is C8H11N3O3S. The number of rotatable bonds is 4. The monoisotopic (exact) mass is 229 g/mol. The number of aromatic nitrogens is 2. The molecule has 0 spiro atoms. The summed E-state index contributed by atoms with van der Waals surface area (Å²) in [5.41, 5.74) is 0.557. The molecule has 0 radical (unpaired) electrons. The molecule has 0 saturated carbocycles. The molecule has 0 atom stereocenters. The predicted octanol–water partition coefficient (Wildman–Crippen LogP) is 0.139. The average molecular weight is 229 g/mol. The summed E-state index contributed by atoms with van der Waals surface area (Å²) < 4.78 is 8.28. The number of aryl methyl sites for hydroxylation is 1. The molecule has 15 heavy (non-hydrogen) atoms. The van der Waals surface area contributed by atoms with Crippen LogP contribution in [0.3, 0.4) is 0 Å². The first kappa shape index (κ1) is 11.6. The fourth-order valence-electron chi connectivity index (χ4n) is 0.884. The highest BCUT2D eigenvalue weighted by Gasteiger charge is 2.13. The van der Waals surface area contributed by atoms with Crippen LogP contribution in [0.5, 0.6) is 0 Å². The molecule has 1 rings (SSSR count). The number of esters is 1. The first-order chi connectivity index (χ1) is 7.15. The van der Waals surface area contributed by atoms with Crippen molar-refractivity contribution in [2.24, 2.45) is 0 Å². The fourth-order valence-corrected chi connectivity index (χ4v) is 1.46. The van der Waals surface area contributed by atoms with Gasteiger partial charge in [0.05, 0.1) is 12.3 Å². The molecule has 0 bridgehead atoms.